The SMILES string of the molecule is CCOC(=O)COc1cc2c(cc1OC)C1Cc3ccc(OC)c(OC)c3CN1CC2. The molecule has 1 atom stereocenters. The van der Waals surface area contributed by atoms with Crippen molar-refractivity contribution in [1.29, 1.82) is 0 Å². The van der Waals surface area contributed by atoms with Crippen LogP contribution in [-0.2, 0) is 28.9 Å². The van der Waals surface area contributed by atoms with Crippen molar-refractivity contribution in [3.05, 3.63) is 46.5 Å². The molecule has 0 bridgehead atoms. The first-order chi connectivity index (χ1) is 15.1. The van der Waals surface area contributed by atoms with Crippen LogP contribution in [-0.4, -0.2) is 52.0 Å². The van der Waals surface area contributed by atoms with Crippen LogP contribution in [0.5, 0.6) is 23.0 Å². The van der Waals surface area contributed by atoms with E-state index in [9.17, 15) is 4.79 Å². The Labute approximate surface area is 182 Å². The van der Waals surface area contributed by atoms with Crippen molar-refractivity contribution < 1.29 is 28.5 Å². The summed E-state index contributed by atoms with van der Waals surface area (Å²) in [6.07, 6.45) is 1.78. The minimum Gasteiger partial charge on any atom is -0.493 e. The number of benzene rings is 2. The Hall–Kier alpha value is -2.93. The molecule has 166 valence electrons. The number of rotatable bonds is 7. The summed E-state index contributed by atoms with van der Waals surface area (Å²) >= 11 is 0. The second-order valence-corrected chi connectivity index (χ2v) is 7.67. The number of carbonyl (C=O) groups is 1. The van der Waals surface area contributed by atoms with Crippen LogP contribution in [0.3, 0.4) is 0 Å². The number of ether oxygens (including phenoxy) is 5. The van der Waals surface area contributed by atoms with E-state index in [1.165, 1.54) is 22.3 Å². The average molecular weight is 427 g/mol. The molecule has 31 heavy (non-hydrogen) atoms. The molecule has 0 saturated heterocycles. The minimum absolute atomic E-state index is 0.131. The van der Waals surface area contributed by atoms with Crippen LogP contribution in [0.15, 0.2) is 24.3 Å². The molecule has 2 heterocycles. The Bertz CT molecular complexity index is 973. The highest BCUT2D eigenvalue weighted by Crippen LogP contribution is 2.45. The lowest BCUT2D eigenvalue weighted by Gasteiger charge is -2.42. The molecule has 0 aliphatic carbocycles. The number of hydrogen-bond acceptors (Lipinski definition) is 7. The van der Waals surface area contributed by atoms with E-state index in [0.717, 1.165) is 37.4 Å². The number of hydrogen-bond donors (Lipinski definition) is 0. The molecule has 0 spiro atoms. The first kappa shape index (κ1) is 21.3. The number of carbonyl (C=O) groups excluding carboxylic acids is 1. The van der Waals surface area contributed by atoms with E-state index in [1.807, 2.05) is 12.1 Å². The summed E-state index contributed by atoms with van der Waals surface area (Å²) < 4.78 is 27.4. The van der Waals surface area contributed by atoms with Gasteiger partial charge in [-0.25, -0.2) is 4.79 Å². The molecule has 0 radical (unpaired) electrons. The van der Waals surface area contributed by atoms with Crippen molar-refractivity contribution in [3.8, 4) is 23.0 Å². The maximum atomic E-state index is 11.7. The molecular formula is C24H29NO6. The van der Waals surface area contributed by atoms with Gasteiger partial charge in [-0.15, -0.1) is 0 Å². The molecule has 0 aromatic heterocycles. The molecule has 2 aliphatic rings. The minimum atomic E-state index is -0.387. The fraction of sp³-hybridized carbons (Fsp3) is 0.458. The molecule has 7 heteroatoms. The van der Waals surface area contributed by atoms with Crippen LogP contribution in [0.2, 0.25) is 0 Å². The topological polar surface area (TPSA) is 66.5 Å². The van der Waals surface area contributed by atoms with Gasteiger partial charge in [-0.1, -0.05) is 6.07 Å². The van der Waals surface area contributed by atoms with Gasteiger partial charge in [0.05, 0.1) is 27.9 Å². The highest BCUT2D eigenvalue weighted by atomic mass is 16.6. The van der Waals surface area contributed by atoms with Crippen molar-refractivity contribution in [3.63, 3.8) is 0 Å². The van der Waals surface area contributed by atoms with E-state index in [0.29, 0.717) is 18.1 Å². The fourth-order valence-electron chi connectivity index (χ4n) is 4.61. The van der Waals surface area contributed by atoms with Crippen molar-refractivity contribution in [1.82, 2.24) is 4.90 Å². The average Bonchev–Trinajstić information content (AvgIpc) is 2.80. The molecule has 0 N–H and O–H groups in total. The van der Waals surface area contributed by atoms with Crippen LogP contribution in [0.4, 0.5) is 0 Å². The number of esters is 1. The Balaban J connectivity index is 1.63. The van der Waals surface area contributed by atoms with Crippen molar-refractivity contribution in [2.45, 2.75) is 32.4 Å². The summed E-state index contributed by atoms with van der Waals surface area (Å²) in [6.45, 7) is 3.72. The third-order valence-corrected chi connectivity index (χ3v) is 6.06. The van der Waals surface area contributed by atoms with E-state index >= 15 is 0 Å². The zero-order chi connectivity index (χ0) is 22.0. The smallest absolute Gasteiger partial charge is 0.344 e. The van der Waals surface area contributed by atoms with Crippen LogP contribution in [0.25, 0.3) is 0 Å². The zero-order valence-corrected chi connectivity index (χ0v) is 18.5. The highest BCUT2D eigenvalue weighted by Gasteiger charge is 2.35. The Morgan fingerprint density at radius 1 is 1.03 bits per heavy atom. The summed E-state index contributed by atoms with van der Waals surface area (Å²) in [5, 5.41) is 0. The number of fused-ring (bicyclic) bond motifs is 4. The molecule has 4 rings (SSSR count). The first-order valence-corrected chi connectivity index (χ1v) is 10.6. The van der Waals surface area contributed by atoms with Crippen molar-refractivity contribution >= 4 is 5.97 Å². The number of nitrogens with zero attached hydrogens (tertiary/aromatic N) is 1. The lowest BCUT2D eigenvalue weighted by atomic mass is 9.83. The van der Waals surface area contributed by atoms with Crippen LogP contribution >= 0.6 is 0 Å². The fourth-order valence-corrected chi connectivity index (χ4v) is 4.61. The zero-order valence-electron chi connectivity index (χ0n) is 18.5. The third-order valence-electron chi connectivity index (χ3n) is 6.06. The normalized spacial score (nSPS) is 17.1. The van der Waals surface area contributed by atoms with Crippen molar-refractivity contribution in [2.24, 2.45) is 0 Å². The van der Waals surface area contributed by atoms with Gasteiger partial charge < -0.3 is 23.7 Å². The van der Waals surface area contributed by atoms with E-state index in [4.69, 9.17) is 23.7 Å². The van der Waals surface area contributed by atoms with Gasteiger partial charge in [0.25, 0.3) is 0 Å². The van der Waals surface area contributed by atoms with Gasteiger partial charge in [0.2, 0.25) is 0 Å². The standard InChI is InChI=1S/C24H29NO6/c1-5-30-23(26)14-31-22-11-16-8-9-25-13-18-15(6-7-20(27-2)24(18)29-4)10-19(25)17(16)12-21(22)28-3/h6-7,11-12,19H,5,8-10,13-14H2,1-4H3. The molecule has 2 aliphatic heterocycles. The monoisotopic (exact) mass is 427 g/mol. The largest absolute Gasteiger partial charge is 0.493 e. The summed E-state index contributed by atoms with van der Waals surface area (Å²) in [7, 11) is 4.98. The maximum Gasteiger partial charge on any atom is 0.344 e. The Morgan fingerprint density at radius 2 is 1.84 bits per heavy atom. The van der Waals surface area contributed by atoms with Crippen molar-refractivity contribution in [2.75, 3.05) is 41.1 Å². The first-order valence-electron chi connectivity index (χ1n) is 10.6. The summed E-state index contributed by atoms with van der Waals surface area (Å²) in [5.74, 6) is 2.40. The predicted molar refractivity (Wildman–Crippen MR) is 115 cm³/mol. The van der Waals surface area contributed by atoms with E-state index in [2.05, 4.69) is 17.0 Å². The van der Waals surface area contributed by atoms with Crippen LogP contribution < -0.4 is 18.9 Å². The van der Waals surface area contributed by atoms with Gasteiger partial charge in [-0.3, -0.25) is 4.90 Å². The van der Waals surface area contributed by atoms with E-state index in [1.54, 1.807) is 28.3 Å². The van der Waals surface area contributed by atoms with Gasteiger partial charge in [-0.05, 0) is 54.7 Å². The lowest BCUT2D eigenvalue weighted by Crippen LogP contribution is -2.39. The molecule has 2 aromatic rings. The summed E-state index contributed by atoms with van der Waals surface area (Å²) in [6, 6.07) is 8.43. The predicted octanol–water partition coefficient (Wildman–Crippen LogP) is 3.31. The second-order valence-electron chi connectivity index (χ2n) is 7.67. The quantitative estimate of drug-likeness (QED) is 0.628. The maximum absolute atomic E-state index is 11.7. The molecule has 2 aromatic carbocycles. The van der Waals surface area contributed by atoms with Crippen LogP contribution in [0.1, 0.15) is 35.2 Å². The summed E-state index contributed by atoms with van der Waals surface area (Å²) in [4.78, 5) is 14.2. The Morgan fingerprint density at radius 3 is 2.55 bits per heavy atom. The Kier molecular flexibility index (Phi) is 6.23. The van der Waals surface area contributed by atoms with E-state index < -0.39 is 0 Å². The van der Waals surface area contributed by atoms with Gasteiger partial charge in [0, 0.05) is 24.7 Å². The van der Waals surface area contributed by atoms with Crippen LogP contribution in [0, 0.1) is 0 Å². The molecule has 0 amide bonds. The summed E-state index contributed by atoms with van der Waals surface area (Å²) in [5.41, 5.74) is 4.94. The van der Waals surface area contributed by atoms with Gasteiger partial charge in [0.1, 0.15) is 0 Å². The van der Waals surface area contributed by atoms with E-state index in [-0.39, 0.29) is 18.6 Å². The molecule has 1 unspecified atom stereocenters. The molecule has 7 nitrogen and oxygen atoms in total. The van der Waals surface area contributed by atoms with Gasteiger partial charge in [-0.2, -0.15) is 0 Å². The third kappa shape index (κ3) is 4.02. The lowest BCUT2D eigenvalue weighted by molar-refractivity contribution is -0.145. The second kappa shape index (κ2) is 9.06. The highest BCUT2D eigenvalue weighted by molar-refractivity contribution is 5.71. The molecule has 0 saturated carbocycles. The molecular weight excluding hydrogens is 398 g/mol. The van der Waals surface area contributed by atoms with Gasteiger partial charge >= 0.3 is 5.97 Å². The molecule has 0 fully saturated rings. The number of methoxy groups -OCH3 is 3. The van der Waals surface area contributed by atoms with Gasteiger partial charge in [0.15, 0.2) is 29.6 Å².